The van der Waals surface area contributed by atoms with Crippen molar-refractivity contribution in [3.63, 3.8) is 0 Å². The average Bonchev–Trinajstić information content (AvgIpc) is 2.36. The van der Waals surface area contributed by atoms with E-state index in [9.17, 15) is 8.78 Å². The molecule has 0 radical (unpaired) electrons. The van der Waals surface area contributed by atoms with Crippen molar-refractivity contribution in [1.82, 2.24) is 10.2 Å². The van der Waals surface area contributed by atoms with Crippen LogP contribution in [0.5, 0.6) is 0 Å². The highest BCUT2D eigenvalue weighted by molar-refractivity contribution is 5.17. The van der Waals surface area contributed by atoms with Crippen LogP contribution in [0, 0.1) is 17.6 Å². The second-order valence-corrected chi connectivity index (χ2v) is 5.49. The summed E-state index contributed by atoms with van der Waals surface area (Å²) in [6, 6.07) is 3.67. The van der Waals surface area contributed by atoms with Gasteiger partial charge in [0.2, 0.25) is 0 Å². The number of likely N-dealkylation sites (tertiary alicyclic amines) is 1. The van der Waals surface area contributed by atoms with Crippen molar-refractivity contribution in [2.24, 2.45) is 5.92 Å². The van der Waals surface area contributed by atoms with E-state index in [1.165, 1.54) is 38.1 Å². The van der Waals surface area contributed by atoms with E-state index < -0.39 is 11.6 Å². The third-order valence-electron chi connectivity index (χ3n) is 3.82. The molecule has 0 atom stereocenters. The first-order valence-electron chi connectivity index (χ1n) is 6.98. The Morgan fingerprint density at radius 2 is 1.79 bits per heavy atom. The molecule has 2 nitrogen and oxygen atoms in total. The van der Waals surface area contributed by atoms with Gasteiger partial charge in [0.1, 0.15) is 11.6 Å². The SMILES string of the molecule is CN1CCC(CCNCc2cc(F)cc(F)c2)CC1. The molecule has 0 bridgehead atoms. The van der Waals surface area contributed by atoms with Gasteiger partial charge in [-0.2, -0.15) is 0 Å². The summed E-state index contributed by atoms with van der Waals surface area (Å²) in [7, 11) is 2.16. The lowest BCUT2D eigenvalue weighted by Gasteiger charge is -2.28. The summed E-state index contributed by atoms with van der Waals surface area (Å²) in [5, 5.41) is 3.27. The molecule has 1 aromatic carbocycles. The molecule has 0 aromatic heterocycles. The zero-order valence-corrected chi connectivity index (χ0v) is 11.5. The van der Waals surface area contributed by atoms with E-state index in [1.807, 2.05) is 0 Å². The number of hydrogen-bond donors (Lipinski definition) is 1. The van der Waals surface area contributed by atoms with Crippen LogP contribution in [0.2, 0.25) is 0 Å². The fraction of sp³-hybridized carbons (Fsp3) is 0.600. The molecule has 0 amide bonds. The van der Waals surface area contributed by atoms with Crippen LogP contribution in [0.3, 0.4) is 0 Å². The van der Waals surface area contributed by atoms with Crippen molar-refractivity contribution in [2.75, 3.05) is 26.7 Å². The van der Waals surface area contributed by atoms with Gasteiger partial charge >= 0.3 is 0 Å². The Hall–Kier alpha value is -1.00. The van der Waals surface area contributed by atoms with Crippen molar-refractivity contribution in [1.29, 1.82) is 0 Å². The third kappa shape index (κ3) is 4.88. The third-order valence-corrected chi connectivity index (χ3v) is 3.82. The normalized spacial score (nSPS) is 17.8. The standard InChI is InChI=1S/C15H22F2N2/c1-19-6-3-12(4-7-19)2-5-18-11-13-8-14(16)10-15(17)9-13/h8-10,12,18H,2-7,11H2,1H3. The van der Waals surface area contributed by atoms with Gasteiger partial charge in [0.05, 0.1) is 0 Å². The van der Waals surface area contributed by atoms with Gasteiger partial charge < -0.3 is 10.2 Å². The zero-order chi connectivity index (χ0) is 13.7. The lowest BCUT2D eigenvalue weighted by Crippen LogP contribution is -2.31. The van der Waals surface area contributed by atoms with Crippen LogP contribution in [0.15, 0.2) is 18.2 Å². The van der Waals surface area contributed by atoms with E-state index in [0.29, 0.717) is 12.1 Å². The lowest BCUT2D eigenvalue weighted by atomic mass is 9.94. The molecular formula is C15H22F2N2. The highest BCUT2D eigenvalue weighted by Crippen LogP contribution is 2.18. The number of nitrogens with one attached hydrogen (secondary N) is 1. The molecule has 1 aromatic rings. The van der Waals surface area contributed by atoms with Crippen LogP contribution in [-0.2, 0) is 6.54 Å². The Bertz CT molecular complexity index is 381. The second kappa shape index (κ2) is 6.96. The number of rotatable bonds is 5. The molecule has 2 rings (SSSR count). The van der Waals surface area contributed by atoms with Gasteiger partial charge in [-0.3, -0.25) is 0 Å². The summed E-state index contributed by atoms with van der Waals surface area (Å²) in [6.07, 6.45) is 3.66. The van der Waals surface area contributed by atoms with Crippen LogP contribution in [0.25, 0.3) is 0 Å². The molecule has 1 heterocycles. The van der Waals surface area contributed by atoms with Crippen LogP contribution in [0.4, 0.5) is 8.78 Å². The minimum absolute atomic E-state index is 0.507. The monoisotopic (exact) mass is 268 g/mol. The molecule has 106 valence electrons. The van der Waals surface area contributed by atoms with Crippen molar-refractivity contribution in [2.45, 2.75) is 25.8 Å². The van der Waals surface area contributed by atoms with Crippen molar-refractivity contribution in [3.05, 3.63) is 35.4 Å². The van der Waals surface area contributed by atoms with Gasteiger partial charge in [-0.1, -0.05) is 0 Å². The average molecular weight is 268 g/mol. The molecule has 0 aliphatic carbocycles. The highest BCUT2D eigenvalue weighted by Gasteiger charge is 2.15. The van der Waals surface area contributed by atoms with E-state index in [2.05, 4.69) is 17.3 Å². The van der Waals surface area contributed by atoms with E-state index in [-0.39, 0.29) is 0 Å². The molecule has 0 saturated carbocycles. The number of piperidine rings is 1. The molecule has 1 aliphatic rings. The molecule has 4 heteroatoms. The molecule has 0 spiro atoms. The van der Waals surface area contributed by atoms with E-state index in [1.54, 1.807) is 0 Å². The van der Waals surface area contributed by atoms with Crippen LogP contribution >= 0.6 is 0 Å². The lowest BCUT2D eigenvalue weighted by molar-refractivity contribution is 0.211. The topological polar surface area (TPSA) is 15.3 Å². The highest BCUT2D eigenvalue weighted by atomic mass is 19.1. The van der Waals surface area contributed by atoms with Gasteiger partial charge in [-0.25, -0.2) is 8.78 Å². The Kier molecular flexibility index (Phi) is 5.28. The van der Waals surface area contributed by atoms with Gasteiger partial charge in [-0.15, -0.1) is 0 Å². The fourth-order valence-corrected chi connectivity index (χ4v) is 2.60. The van der Waals surface area contributed by atoms with E-state index in [0.717, 1.165) is 24.9 Å². The molecular weight excluding hydrogens is 246 g/mol. The first kappa shape index (κ1) is 14.4. The van der Waals surface area contributed by atoms with Crippen LogP contribution in [0.1, 0.15) is 24.8 Å². The predicted octanol–water partition coefficient (Wildman–Crippen LogP) is 2.79. The molecule has 0 unspecified atom stereocenters. The van der Waals surface area contributed by atoms with Gasteiger partial charge in [0, 0.05) is 12.6 Å². The Morgan fingerprint density at radius 3 is 2.42 bits per heavy atom. The summed E-state index contributed by atoms with van der Waals surface area (Å²) in [5.41, 5.74) is 0.667. The smallest absolute Gasteiger partial charge is 0.126 e. The van der Waals surface area contributed by atoms with Crippen molar-refractivity contribution < 1.29 is 8.78 Å². The maximum atomic E-state index is 13.0. The number of benzene rings is 1. The summed E-state index contributed by atoms with van der Waals surface area (Å²) in [4.78, 5) is 2.36. The Balaban J connectivity index is 1.66. The Morgan fingerprint density at radius 1 is 1.16 bits per heavy atom. The maximum absolute atomic E-state index is 13.0. The summed E-state index contributed by atoms with van der Waals surface area (Å²) in [6.45, 7) is 3.80. The quantitative estimate of drug-likeness (QED) is 0.826. The second-order valence-electron chi connectivity index (χ2n) is 5.49. The maximum Gasteiger partial charge on any atom is 0.126 e. The van der Waals surface area contributed by atoms with Gasteiger partial charge in [0.25, 0.3) is 0 Å². The molecule has 1 fully saturated rings. The minimum Gasteiger partial charge on any atom is -0.313 e. The van der Waals surface area contributed by atoms with Crippen LogP contribution < -0.4 is 5.32 Å². The Labute approximate surface area is 113 Å². The number of nitrogens with zero attached hydrogens (tertiary/aromatic N) is 1. The largest absolute Gasteiger partial charge is 0.313 e. The van der Waals surface area contributed by atoms with Gasteiger partial charge in [0.15, 0.2) is 0 Å². The van der Waals surface area contributed by atoms with Crippen LogP contribution in [-0.4, -0.2) is 31.6 Å². The minimum atomic E-state index is -0.507. The summed E-state index contributed by atoms with van der Waals surface area (Å²) in [5.74, 6) is -0.229. The molecule has 1 aliphatic heterocycles. The summed E-state index contributed by atoms with van der Waals surface area (Å²) < 4.78 is 26.0. The number of halogens is 2. The molecule has 19 heavy (non-hydrogen) atoms. The first-order valence-corrected chi connectivity index (χ1v) is 6.98. The van der Waals surface area contributed by atoms with Crippen molar-refractivity contribution in [3.8, 4) is 0 Å². The van der Waals surface area contributed by atoms with Crippen molar-refractivity contribution >= 4 is 0 Å². The van der Waals surface area contributed by atoms with E-state index >= 15 is 0 Å². The predicted molar refractivity (Wildman–Crippen MR) is 72.9 cm³/mol. The molecule has 1 saturated heterocycles. The first-order chi connectivity index (χ1) is 9.13. The summed E-state index contributed by atoms with van der Waals surface area (Å²) >= 11 is 0. The van der Waals surface area contributed by atoms with E-state index in [4.69, 9.17) is 0 Å². The van der Waals surface area contributed by atoms with Gasteiger partial charge in [-0.05, 0) is 69.6 Å². The zero-order valence-electron chi connectivity index (χ0n) is 11.5. The molecule has 1 N–H and O–H groups in total. The number of hydrogen-bond acceptors (Lipinski definition) is 2. The fourth-order valence-electron chi connectivity index (χ4n) is 2.60.